The van der Waals surface area contributed by atoms with Gasteiger partial charge in [0.25, 0.3) is 0 Å². The highest BCUT2D eigenvalue weighted by Gasteiger charge is 2.10. The molecule has 0 aliphatic rings. The Morgan fingerprint density at radius 3 is 2.90 bits per heavy atom. The van der Waals surface area contributed by atoms with Crippen molar-refractivity contribution in [2.45, 2.75) is 19.9 Å². The molecule has 0 bridgehead atoms. The van der Waals surface area contributed by atoms with Crippen molar-refractivity contribution >= 4 is 17.1 Å². The lowest BCUT2D eigenvalue weighted by atomic mass is 10.1. The molecule has 0 aliphatic carbocycles. The zero-order valence-corrected chi connectivity index (χ0v) is 12.4. The quantitative estimate of drug-likeness (QED) is 0.766. The number of hydrogen-bond acceptors (Lipinski definition) is 4. The third-order valence-electron chi connectivity index (χ3n) is 3.13. The van der Waals surface area contributed by atoms with Crippen molar-refractivity contribution in [1.82, 2.24) is 9.88 Å². The molecular weight excluding hydrogens is 275 g/mol. The van der Waals surface area contributed by atoms with Crippen LogP contribution < -0.4 is 0 Å². The van der Waals surface area contributed by atoms with Crippen LogP contribution in [0.25, 0.3) is 0 Å². The second-order valence-corrected chi connectivity index (χ2v) is 5.57. The van der Waals surface area contributed by atoms with Crippen molar-refractivity contribution in [1.29, 1.82) is 0 Å². The molecule has 1 aromatic heterocycles. The Kier molecular flexibility index (Phi) is 4.98. The standard InChI is InChI=1S/C15H17FN2OS/c1-11-3-4-12(7-14(11)16)15(19)5-6-18(2)8-13-9-20-10-17-13/h3-4,7,9-10H,5-6,8H2,1-2H3. The fourth-order valence-electron chi connectivity index (χ4n) is 1.87. The molecule has 1 aromatic carbocycles. The van der Waals surface area contributed by atoms with Crippen molar-refractivity contribution < 1.29 is 9.18 Å². The van der Waals surface area contributed by atoms with E-state index < -0.39 is 0 Å². The number of hydrogen-bond donors (Lipinski definition) is 0. The van der Waals surface area contributed by atoms with E-state index in [0.717, 1.165) is 12.2 Å². The maximum Gasteiger partial charge on any atom is 0.164 e. The van der Waals surface area contributed by atoms with E-state index >= 15 is 0 Å². The van der Waals surface area contributed by atoms with Gasteiger partial charge in [0.05, 0.1) is 11.2 Å². The number of benzene rings is 1. The summed E-state index contributed by atoms with van der Waals surface area (Å²) in [7, 11) is 1.95. The first-order valence-corrected chi connectivity index (χ1v) is 7.35. The van der Waals surface area contributed by atoms with E-state index in [2.05, 4.69) is 4.98 Å². The number of rotatable bonds is 6. The Bertz CT molecular complexity index is 584. The first-order valence-electron chi connectivity index (χ1n) is 6.41. The molecular formula is C15H17FN2OS. The predicted molar refractivity (Wildman–Crippen MR) is 78.5 cm³/mol. The molecule has 0 unspecified atom stereocenters. The summed E-state index contributed by atoms with van der Waals surface area (Å²) in [6, 6.07) is 4.64. The number of carbonyl (C=O) groups excluding carboxylic acids is 1. The summed E-state index contributed by atoms with van der Waals surface area (Å²) >= 11 is 1.56. The minimum atomic E-state index is -0.327. The number of nitrogens with zero attached hydrogens (tertiary/aromatic N) is 2. The third kappa shape index (κ3) is 3.95. The summed E-state index contributed by atoms with van der Waals surface area (Å²) in [5, 5.41) is 1.99. The van der Waals surface area contributed by atoms with Gasteiger partial charge in [0.2, 0.25) is 0 Å². The number of thiazole rings is 1. The molecule has 0 N–H and O–H groups in total. The molecule has 1 heterocycles. The van der Waals surface area contributed by atoms with Gasteiger partial charge in [-0.1, -0.05) is 12.1 Å². The van der Waals surface area contributed by atoms with Gasteiger partial charge in [-0.2, -0.15) is 0 Å². The Labute approximate surface area is 122 Å². The molecule has 0 amide bonds. The van der Waals surface area contributed by atoms with Crippen molar-refractivity contribution in [2.24, 2.45) is 0 Å². The summed E-state index contributed by atoms with van der Waals surface area (Å²) in [6.45, 7) is 3.04. The largest absolute Gasteiger partial charge is 0.300 e. The van der Waals surface area contributed by atoms with Gasteiger partial charge in [-0.3, -0.25) is 4.79 Å². The molecule has 0 aliphatic heterocycles. The highest BCUT2D eigenvalue weighted by atomic mass is 32.1. The van der Waals surface area contributed by atoms with Crippen molar-refractivity contribution in [3.8, 4) is 0 Å². The lowest BCUT2D eigenvalue weighted by Crippen LogP contribution is -2.21. The fraction of sp³-hybridized carbons (Fsp3) is 0.333. The summed E-state index contributed by atoms with van der Waals surface area (Å²) in [5.41, 5.74) is 3.80. The number of carbonyl (C=O) groups is 1. The van der Waals surface area contributed by atoms with Gasteiger partial charge < -0.3 is 4.90 Å². The van der Waals surface area contributed by atoms with Crippen LogP contribution in [0.4, 0.5) is 4.39 Å². The molecule has 0 radical (unpaired) electrons. The maximum atomic E-state index is 13.4. The van der Waals surface area contributed by atoms with Crippen LogP contribution in [0, 0.1) is 12.7 Å². The minimum Gasteiger partial charge on any atom is -0.300 e. The zero-order valence-electron chi connectivity index (χ0n) is 11.6. The van der Waals surface area contributed by atoms with Crippen LogP contribution in [0.1, 0.15) is 28.0 Å². The van der Waals surface area contributed by atoms with Crippen LogP contribution in [-0.2, 0) is 6.54 Å². The lowest BCUT2D eigenvalue weighted by molar-refractivity contribution is 0.0967. The van der Waals surface area contributed by atoms with E-state index in [0.29, 0.717) is 24.1 Å². The highest BCUT2D eigenvalue weighted by Crippen LogP contribution is 2.12. The van der Waals surface area contributed by atoms with Crippen LogP contribution >= 0.6 is 11.3 Å². The molecule has 0 saturated heterocycles. The first kappa shape index (κ1) is 14.8. The Morgan fingerprint density at radius 2 is 2.25 bits per heavy atom. The lowest BCUT2D eigenvalue weighted by Gasteiger charge is -2.14. The SMILES string of the molecule is Cc1ccc(C(=O)CCN(C)Cc2cscn2)cc1F. The van der Waals surface area contributed by atoms with Gasteiger partial charge in [0.15, 0.2) is 5.78 Å². The Hall–Kier alpha value is -1.59. The molecule has 0 saturated carbocycles. The normalized spacial score (nSPS) is 11.0. The fourth-order valence-corrected chi connectivity index (χ4v) is 2.42. The summed E-state index contributed by atoms with van der Waals surface area (Å²) in [5.74, 6) is -0.360. The zero-order chi connectivity index (χ0) is 14.5. The maximum absolute atomic E-state index is 13.4. The van der Waals surface area contributed by atoms with Gasteiger partial charge >= 0.3 is 0 Å². The molecule has 2 aromatic rings. The Balaban J connectivity index is 1.86. The van der Waals surface area contributed by atoms with Crippen LogP contribution in [0.15, 0.2) is 29.1 Å². The molecule has 0 fully saturated rings. The van der Waals surface area contributed by atoms with E-state index in [-0.39, 0.29) is 11.6 Å². The van der Waals surface area contributed by atoms with Crippen LogP contribution in [0.2, 0.25) is 0 Å². The van der Waals surface area contributed by atoms with E-state index in [4.69, 9.17) is 0 Å². The number of aromatic nitrogens is 1. The number of aryl methyl sites for hydroxylation is 1. The van der Waals surface area contributed by atoms with E-state index in [1.165, 1.54) is 6.07 Å². The second kappa shape index (κ2) is 6.72. The predicted octanol–water partition coefficient (Wildman–Crippen LogP) is 3.30. The molecule has 106 valence electrons. The molecule has 5 heteroatoms. The first-order chi connectivity index (χ1) is 9.56. The smallest absolute Gasteiger partial charge is 0.164 e. The van der Waals surface area contributed by atoms with Gasteiger partial charge in [-0.25, -0.2) is 9.37 Å². The van der Waals surface area contributed by atoms with E-state index in [9.17, 15) is 9.18 Å². The van der Waals surface area contributed by atoms with Crippen LogP contribution in [0.3, 0.4) is 0 Å². The number of Topliss-reactive ketones (excluding diaryl/α,β-unsaturated/α-hetero) is 1. The average Bonchev–Trinajstić information content (AvgIpc) is 2.92. The van der Waals surface area contributed by atoms with Crippen molar-refractivity contribution in [3.05, 3.63) is 51.7 Å². The van der Waals surface area contributed by atoms with E-state index in [1.807, 2.05) is 17.3 Å². The molecule has 3 nitrogen and oxygen atoms in total. The second-order valence-electron chi connectivity index (χ2n) is 4.85. The highest BCUT2D eigenvalue weighted by molar-refractivity contribution is 7.07. The minimum absolute atomic E-state index is 0.0333. The van der Waals surface area contributed by atoms with Gasteiger partial charge in [-0.15, -0.1) is 11.3 Å². The Morgan fingerprint density at radius 1 is 1.45 bits per heavy atom. The van der Waals surface area contributed by atoms with Crippen LogP contribution in [-0.4, -0.2) is 29.3 Å². The molecule has 20 heavy (non-hydrogen) atoms. The molecule has 0 atom stereocenters. The van der Waals surface area contributed by atoms with Crippen molar-refractivity contribution in [2.75, 3.05) is 13.6 Å². The van der Waals surface area contributed by atoms with Gasteiger partial charge in [0.1, 0.15) is 5.82 Å². The number of halogens is 1. The monoisotopic (exact) mass is 292 g/mol. The topological polar surface area (TPSA) is 33.2 Å². The summed E-state index contributed by atoms with van der Waals surface area (Å²) in [4.78, 5) is 18.3. The van der Waals surface area contributed by atoms with Crippen molar-refractivity contribution in [3.63, 3.8) is 0 Å². The summed E-state index contributed by atoms with van der Waals surface area (Å²) < 4.78 is 13.4. The molecule has 0 spiro atoms. The van der Waals surface area contributed by atoms with Gasteiger partial charge in [-0.05, 0) is 25.6 Å². The van der Waals surface area contributed by atoms with Crippen LogP contribution in [0.5, 0.6) is 0 Å². The molecule has 2 rings (SSSR count). The summed E-state index contributed by atoms with van der Waals surface area (Å²) in [6.07, 6.45) is 0.378. The third-order valence-corrected chi connectivity index (χ3v) is 3.77. The van der Waals surface area contributed by atoms with E-state index in [1.54, 1.807) is 35.9 Å². The average molecular weight is 292 g/mol. The number of ketones is 1. The van der Waals surface area contributed by atoms with Gasteiger partial charge in [0, 0.05) is 30.5 Å².